The molecule has 4 aromatic rings. The fraction of sp³-hybridized carbons (Fsp3) is 0.167. The van der Waals surface area contributed by atoms with E-state index in [0.717, 1.165) is 17.7 Å². The van der Waals surface area contributed by atoms with Crippen molar-refractivity contribution in [3.8, 4) is 0 Å². The van der Waals surface area contributed by atoms with Crippen molar-refractivity contribution in [2.24, 2.45) is 0 Å². The number of nitrogens with zero attached hydrogens (tertiary/aromatic N) is 2. The maximum atomic E-state index is 14.5. The molecule has 0 bridgehead atoms. The van der Waals surface area contributed by atoms with Crippen LogP contribution >= 0.6 is 22.9 Å². The molecule has 2 aromatic carbocycles. The number of hydrogen-bond donors (Lipinski definition) is 1. The number of aromatic nitrogens is 2. The fourth-order valence-corrected chi connectivity index (χ4v) is 4.36. The van der Waals surface area contributed by atoms with Gasteiger partial charge in [0.15, 0.2) is 0 Å². The molecule has 2 heterocycles. The first kappa shape index (κ1) is 23.4. The van der Waals surface area contributed by atoms with E-state index in [0.29, 0.717) is 22.5 Å². The molecule has 0 aliphatic carbocycles. The molecule has 33 heavy (non-hydrogen) atoms. The summed E-state index contributed by atoms with van der Waals surface area (Å²) in [5.41, 5.74) is 1.35. The van der Waals surface area contributed by atoms with Crippen LogP contribution in [0.4, 0.5) is 17.6 Å². The first-order valence-corrected chi connectivity index (χ1v) is 11.2. The highest BCUT2D eigenvalue weighted by molar-refractivity contribution is 7.07. The van der Waals surface area contributed by atoms with Gasteiger partial charge in [-0.15, -0.1) is 11.3 Å². The van der Waals surface area contributed by atoms with E-state index in [4.69, 9.17) is 11.6 Å². The van der Waals surface area contributed by atoms with Crippen LogP contribution < -0.4 is 5.32 Å². The highest BCUT2D eigenvalue weighted by Crippen LogP contribution is 2.38. The van der Waals surface area contributed by atoms with Crippen LogP contribution in [0.5, 0.6) is 0 Å². The monoisotopic (exact) mass is 491 g/mol. The van der Waals surface area contributed by atoms with E-state index >= 15 is 0 Å². The zero-order valence-corrected chi connectivity index (χ0v) is 18.7. The summed E-state index contributed by atoms with van der Waals surface area (Å²) in [5, 5.41) is 5.56. The predicted molar refractivity (Wildman–Crippen MR) is 121 cm³/mol. The van der Waals surface area contributed by atoms with E-state index in [9.17, 15) is 17.6 Å². The van der Waals surface area contributed by atoms with E-state index in [2.05, 4.69) is 15.3 Å². The zero-order chi connectivity index (χ0) is 23.5. The maximum absolute atomic E-state index is 14.5. The van der Waals surface area contributed by atoms with Gasteiger partial charge in [-0.1, -0.05) is 41.9 Å². The molecule has 2 aromatic heterocycles. The van der Waals surface area contributed by atoms with Crippen molar-refractivity contribution in [2.45, 2.75) is 24.7 Å². The molecule has 0 fully saturated rings. The number of pyridine rings is 1. The molecule has 3 nitrogen and oxygen atoms in total. The van der Waals surface area contributed by atoms with Crippen LogP contribution in [-0.2, 0) is 24.7 Å². The average Bonchev–Trinajstić information content (AvgIpc) is 3.31. The molecule has 1 N–H and O–H groups in total. The normalized spacial score (nSPS) is 13.6. The number of alkyl halides is 3. The predicted octanol–water partition coefficient (Wildman–Crippen LogP) is 6.63. The Labute approximate surface area is 197 Å². The molecule has 9 heteroatoms. The van der Waals surface area contributed by atoms with Gasteiger partial charge in [0, 0.05) is 24.5 Å². The number of benzene rings is 2. The smallest absolute Gasteiger partial charge is 0.296 e. The van der Waals surface area contributed by atoms with Gasteiger partial charge in [0.2, 0.25) is 0 Å². The van der Waals surface area contributed by atoms with Gasteiger partial charge in [0.05, 0.1) is 33.0 Å². The van der Waals surface area contributed by atoms with Crippen molar-refractivity contribution in [1.29, 1.82) is 0 Å². The number of thiazole rings is 1. The number of halogens is 5. The second kappa shape index (κ2) is 9.59. The van der Waals surface area contributed by atoms with Crippen LogP contribution in [0.25, 0.3) is 0 Å². The third-order valence-corrected chi connectivity index (χ3v) is 6.11. The van der Waals surface area contributed by atoms with Gasteiger partial charge in [0.25, 0.3) is 0 Å². The van der Waals surface area contributed by atoms with Crippen LogP contribution in [0.15, 0.2) is 77.8 Å². The average molecular weight is 492 g/mol. The molecule has 170 valence electrons. The van der Waals surface area contributed by atoms with E-state index in [1.165, 1.54) is 17.5 Å². The summed E-state index contributed by atoms with van der Waals surface area (Å²) >= 11 is 7.44. The lowest BCUT2D eigenvalue weighted by atomic mass is 9.79. The number of nitrogens with one attached hydrogen (secondary N) is 1. The molecule has 0 spiro atoms. The second-order valence-electron chi connectivity index (χ2n) is 7.49. The van der Waals surface area contributed by atoms with Gasteiger partial charge in [-0.3, -0.25) is 10.3 Å². The summed E-state index contributed by atoms with van der Waals surface area (Å²) in [4.78, 5) is 8.69. The summed E-state index contributed by atoms with van der Waals surface area (Å²) < 4.78 is 55.3. The molecular formula is C24H18ClF4N3S. The maximum Gasteiger partial charge on any atom is 0.416 e. The third kappa shape index (κ3) is 5.40. The Balaban J connectivity index is 1.93. The van der Waals surface area contributed by atoms with Crippen LogP contribution in [0.3, 0.4) is 0 Å². The lowest BCUT2D eigenvalue weighted by Crippen LogP contribution is -2.46. The first-order chi connectivity index (χ1) is 15.8. The van der Waals surface area contributed by atoms with Gasteiger partial charge in [0.1, 0.15) is 5.82 Å². The fourth-order valence-electron chi connectivity index (χ4n) is 3.69. The Kier molecular flexibility index (Phi) is 6.78. The Morgan fingerprint density at radius 3 is 2.33 bits per heavy atom. The van der Waals surface area contributed by atoms with Gasteiger partial charge in [-0.05, 0) is 41.5 Å². The Hall–Kier alpha value is -2.81. The summed E-state index contributed by atoms with van der Waals surface area (Å²) in [7, 11) is 0. The van der Waals surface area contributed by atoms with Gasteiger partial charge < -0.3 is 0 Å². The minimum atomic E-state index is -4.71. The van der Waals surface area contributed by atoms with Crippen molar-refractivity contribution in [3.63, 3.8) is 0 Å². The van der Waals surface area contributed by atoms with Crippen molar-refractivity contribution in [1.82, 2.24) is 15.3 Å². The van der Waals surface area contributed by atoms with Crippen LogP contribution in [0.2, 0.25) is 5.02 Å². The van der Waals surface area contributed by atoms with Crippen molar-refractivity contribution in [2.75, 3.05) is 0 Å². The van der Waals surface area contributed by atoms with Crippen LogP contribution in [0, 0.1) is 5.82 Å². The van der Waals surface area contributed by atoms with Crippen molar-refractivity contribution < 1.29 is 17.6 Å². The van der Waals surface area contributed by atoms with Crippen molar-refractivity contribution >= 4 is 22.9 Å². The van der Waals surface area contributed by atoms with Crippen molar-refractivity contribution in [3.05, 3.63) is 117 Å². The molecule has 0 amide bonds. The molecule has 0 aliphatic heterocycles. The molecule has 0 radical (unpaired) electrons. The van der Waals surface area contributed by atoms with Gasteiger partial charge in [-0.25, -0.2) is 9.37 Å². The molecule has 4 rings (SSSR count). The SMILES string of the molecule is Fc1cc(C(F)(F)F)cc(C(Cc2ccccc2)(NCc2cscn2)c2ccc(Cl)cn2)c1. The molecule has 1 unspecified atom stereocenters. The van der Waals surface area contributed by atoms with E-state index < -0.39 is 23.1 Å². The quantitative estimate of drug-likeness (QED) is 0.295. The molecule has 0 aliphatic rings. The first-order valence-electron chi connectivity index (χ1n) is 9.92. The Morgan fingerprint density at radius 1 is 0.939 bits per heavy atom. The third-order valence-electron chi connectivity index (χ3n) is 5.25. The molecule has 0 saturated carbocycles. The zero-order valence-electron chi connectivity index (χ0n) is 17.1. The topological polar surface area (TPSA) is 37.8 Å². The highest BCUT2D eigenvalue weighted by atomic mass is 35.5. The van der Waals surface area contributed by atoms with E-state index in [1.807, 2.05) is 35.7 Å². The lowest BCUT2D eigenvalue weighted by molar-refractivity contribution is -0.137. The van der Waals surface area contributed by atoms with E-state index in [1.54, 1.807) is 17.6 Å². The van der Waals surface area contributed by atoms with E-state index in [-0.39, 0.29) is 18.5 Å². The summed E-state index contributed by atoms with van der Waals surface area (Å²) in [5.74, 6) is -0.985. The van der Waals surface area contributed by atoms with Gasteiger partial charge >= 0.3 is 6.18 Å². The number of hydrogen-bond acceptors (Lipinski definition) is 4. The van der Waals surface area contributed by atoms with Gasteiger partial charge in [-0.2, -0.15) is 13.2 Å². The van der Waals surface area contributed by atoms with Crippen LogP contribution in [0.1, 0.15) is 28.1 Å². The standard InChI is InChI=1S/C24H18ClF4N3S/c25-19-6-7-22(30-12-19)23(11-16-4-2-1-3-5-16,32-13-21-14-33-15-31-21)17-8-18(24(27,28)29)10-20(26)9-17/h1-10,12,14-15,32H,11,13H2. The molecular weight excluding hydrogens is 474 g/mol. The summed E-state index contributed by atoms with van der Waals surface area (Å²) in [6.07, 6.45) is -3.07. The van der Waals surface area contributed by atoms with Crippen LogP contribution in [-0.4, -0.2) is 9.97 Å². The minimum Gasteiger partial charge on any atom is -0.296 e. The summed E-state index contributed by atoms with van der Waals surface area (Å²) in [6.45, 7) is 0.235. The Morgan fingerprint density at radius 2 is 1.70 bits per heavy atom. The highest BCUT2D eigenvalue weighted by Gasteiger charge is 2.39. The second-order valence-corrected chi connectivity index (χ2v) is 8.64. The largest absolute Gasteiger partial charge is 0.416 e. The molecule has 0 saturated heterocycles. The Bertz CT molecular complexity index is 1200. The minimum absolute atomic E-state index is 0.101. The summed E-state index contributed by atoms with van der Waals surface area (Å²) in [6, 6.07) is 15.1. The molecule has 1 atom stereocenters. The number of rotatable bonds is 7. The lowest BCUT2D eigenvalue weighted by Gasteiger charge is -2.36.